The van der Waals surface area contributed by atoms with Crippen LogP contribution in [-0.4, -0.2) is 13.7 Å². The van der Waals surface area contributed by atoms with Gasteiger partial charge in [0.2, 0.25) is 0 Å². The van der Waals surface area contributed by atoms with Crippen LogP contribution in [0.25, 0.3) is 0 Å². The molecule has 0 radical (unpaired) electrons. The molecule has 0 spiro atoms. The SMILES string of the molecule is CCOc1cc(CNCc2ccccc2Cl)cc(Cl)c1OC.Cl. The van der Waals surface area contributed by atoms with Crippen molar-refractivity contribution < 1.29 is 9.47 Å². The number of halogens is 3. The van der Waals surface area contributed by atoms with Gasteiger partial charge in [-0.2, -0.15) is 0 Å². The molecule has 23 heavy (non-hydrogen) atoms. The monoisotopic (exact) mass is 375 g/mol. The van der Waals surface area contributed by atoms with Crippen LogP contribution in [0.1, 0.15) is 18.1 Å². The Hall–Kier alpha value is -1.13. The van der Waals surface area contributed by atoms with Crippen LogP contribution in [-0.2, 0) is 13.1 Å². The average Bonchev–Trinajstić information content (AvgIpc) is 2.49. The number of hydrogen-bond acceptors (Lipinski definition) is 3. The van der Waals surface area contributed by atoms with Crippen molar-refractivity contribution in [2.45, 2.75) is 20.0 Å². The number of hydrogen-bond donors (Lipinski definition) is 1. The summed E-state index contributed by atoms with van der Waals surface area (Å²) in [7, 11) is 1.58. The molecule has 2 aromatic rings. The highest BCUT2D eigenvalue weighted by Gasteiger charge is 2.11. The molecule has 2 aromatic carbocycles. The van der Waals surface area contributed by atoms with Crippen molar-refractivity contribution in [3.8, 4) is 11.5 Å². The normalized spacial score (nSPS) is 10.1. The zero-order valence-electron chi connectivity index (χ0n) is 13.1. The van der Waals surface area contributed by atoms with E-state index in [4.69, 9.17) is 32.7 Å². The van der Waals surface area contributed by atoms with E-state index < -0.39 is 0 Å². The summed E-state index contributed by atoms with van der Waals surface area (Å²) in [6.45, 7) is 3.83. The second kappa shape index (κ2) is 9.89. The van der Waals surface area contributed by atoms with E-state index in [1.807, 2.05) is 43.3 Å². The summed E-state index contributed by atoms with van der Waals surface area (Å²) >= 11 is 12.4. The second-order valence-corrected chi connectivity index (χ2v) is 5.55. The van der Waals surface area contributed by atoms with Crippen molar-refractivity contribution in [3.05, 3.63) is 57.6 Å². The minimum Gasteiger partial charge on any atom is -0.491 e. The summed E-state index contributed by atoms with van der Waals surface area (Å²) in [6.07, 6.45) is 0. The molecule has 0 aliphatic carbocycles. The molecule has 0 aliphatic heterocycles. The lowest BCUT2D eigenvalue weighted by Crippen LogP contribution is -2.13. The van der Waals surface area contributed by atoms with Gasteiger partial charge in [0.1, 0.15) is 0 Å². The van der Waals surface area contributed by atoms with Crippen LogP contribution in [0.2, 0.25) is 10.0 Å². The van der Waals surface area contributed by atoms with Crippen molar-refractivity contribution in [2.24, 2.45) is 0 Å². The Kier molecular flexibility index (Phi) is 8.56. The van der Waals surface area contributed by atoms with Crippen LogP contribution in [0.3, 0.4) is 0 Å². The minimum atomic E-state index is 0. The lowest BCUT2D eigenvalue weighted by molar-refractivity contribution is 0.310. The van der Waals surface area contributed by atoms with Crippen molar-refractivity contribution in [3.63, 3.8) is 0 Å². The van der Waals surface area contributed by atoms with Gasteiger partial charge in [0, 0.05) is 18.1 Å². The molecule has 0 atom stereocenters. The fourth-order valence-corrected chi connectivity index (χ4v) is 2.68. The van der Waals surface area contributed by atoms with E-state index in [0.717, 1.165) is 16.1 Å². The molecule has 3 nitrogen and oxygen atoms in total. The number of rotatable bonds is 7. The smallest absolute Gasteiger partial charge is 0.179 e. The molecule has 126 valence electrons. The van der Waals surface area contributed by atoms with Crippen LogP contribution >= 0.6 is 35.6 Å². The third-order valence-electron chi connectivity index (χ3n) is 3.18. The van der Waals surface area contributed by atoms with Gasteiger partial charge < -0.3 is 14.8 Å². The summed E-state index contributed by atoms with van der Waals surface area (Å²) in [4.78, 5) is 0. The van der Waals surface area contributed by atoms with E-state index in [2.05, 4.69) is 5.32 Å². The van der Waals surface area contributed by atoms with Gasteiger partial charge in [-0.25, -0.2) is 0 Å². The quantitative estimate of drug-likeness (QED) is 0.728. The first-order chi connectivity index (χ1) is 10.7. The first-order valence-electron chi connectivity index (χ1n) is 7.09. The zero-order chi connectivity index (χ0) is 15.9. The van der Waals surface area contributed by atoms with Gasteiger partial charge in [-0.05, 0) is 36.2 Å². The molecule has 0 amide bonds. The standard InChI is InChI=1S/C17H19Cl2NO2.ClH/c1-3-22-16-9-12(8-15(19)17(16)21-2)10-20-11-13-6-4-5-7-14(13)18;/h4-9,20H,3,10-11H2,1-2H3;1H. The first-order valence-corrected chi connectivity index (χ1v) is 7.84. The van der Waals surface area contributed by atoms with Crippen LogP contribution < -0.4 is 14.8 Å². The largest absolute Gasteiger partial charge is 0.491 e. The third-order valence-corrected chi connectivity index (χ3v) is 3.83. The molecule has 0 aliphatic rings. The highest BCUT2D eigenvalue weighted by atomic mass is 35.5. The molecule has 0 heterocycles. The van der Waals surface area contributed by atoms with E-state index in [0.29, 0.717) is 36.2 Å². The number of ether oxygens (including phenoxy) is 2. The van der Waals surface area contributed by atoms with Crippen molar-refractivity contribution >= 4 is 35.6 Å². The van der Waals surface area contributed by atoms with Gasteiger partial charge in [0.25, 0.3) is 0 Å². The molecule has 6 heteroatoms. The summed E-state index contributed by atoms with van der Waals surface area (Å²) in [5.41, 5.74) is 2.09. The second-order valence-electron chi connectivity index (χ2n) is 4.74. The number of nitrogens with one attached hydrogen (secondary N) is 1. The maximum absolute atomic E-state index is 6.24. The van der Waals surface area contributed by atoms with Gasteiger partial charge >= 0.3 is 0 Å². The first kappa shape index (κ1) is 19.9. The predicted octanol–water partition coefficient (Wildman–Crippen LogP) is 5.11. The third kappa shape index (κ3) is 5.47. The Morgan fingerprint density at radius 3 is 2.43 bits per heavy atom. The lowest BCUT2D eigenvalue weighted by Gasteiger charge is -2.13. The van der Waals surface area contributed by atoms with Gasteiger partial charge in [0.15, 0.2) is 11.5 Å². The Labute approximate surface area is 153 Å². The van der Waals surface area contributed by atoms with Crippen molar-refractivity contribution in [1.82, 2.24) is 5.32 Å². The highest BCUT2D eigenvalue weighted by molar-refractivity contribution is 6.32. The lowest BCUT2D eigenvalue weighted by atomic mass is 10.2. The molecule has 0 fully saturated rings. The Bertz CT molecular complexity index is 635. The Balaban J connectivity index is 0.00000264. The average molecular weight is 377 g/mol. The van der Waals surface area contributed by atoms with Crippen molar-refractivity contribution in [2.75, 3.05) is 13.7 Å². The highest BCUT2D eigenvalue weighted by Crippen LogP contribution is 2.36. The van der Waals surface area contributed by atoms with Crippen molar-refractivity contribution in [1.29, 1.82) is 0 Å². The molecule has 0 saturated heterocycles. The van der Waals surface area contributed by atoms with Crippen LogP contribution in [0.4, 0.5) is 0 Å². The van der Waals surface area contributed by atoms with Gasteiger partial charge in [-0.1, -0.05) is 41.4 Å². The molecule has 0 unspecified atom stereocenters. The van der Waals surface area contributed by atoms with Gasteiger partial charge in [-0.3, -0.25) is 0 Å². The fourth-order valence-electron chi connectivity index (χ4n) is 2.17. The van der Waals surface area contributed by atoms with E-state index >= 15 is 0 Å². The minimum absolute atomic E-state index is 0. The van der Waals surface area contributed by atoms with E-state index in [9.17, 15) is 0 Å². The number of methoxy groups -OCH3 is 1. The fraction of sp³-hybridized carbons (Fsp3) is 0.294. The Morgan fingerprint density at radius 2 is 1.78 bits per heavy atom. The van der Waals surface area contributed by atoms with E-state index in [1.165, 1.54) is 0 Å². The topological polar surface area (TPSA) is 30.5 Å². The molecule has 0 aromatic heterocycles. The molecular formula is C17H20Cl3NO2. The summed E-state index contributed by atoms with van der Waals surface area (Å²) in [5, 5.41) is 4.66. The maximum atomic E-state index is 6.24. The van der Waals surface area contributed by atoms with E-state index in [1.54, 1.807) is 7.11 Å². The van der Waals surface area contributed by atoms with E-state index in [-0.39, 0.29) is 12.4 Å². The summed E-state index contributed by atoms with van der Waals surface area (Å²) in [6, 6.07) is 11.6. The molecule has 2 rings (SSSR count). The number of benzene rings is 2. The molecule has 1 N–H and O–H groups in total. The molecule has 0 bridgehead atoms. The van der Waals surface area contributed by atoms with Gasteiger partial charge in [-0.15, -0.1) is 12.4 Å². The molecule has 0 saturated carbocycles. The predicted molar refractivity (Wildman–Crippen MR) is 98.4 cm³/mol. The molecular weight excluding hydrogens is 357 g/mol. The zero-order valence-corrected chi connectivity index (χ0v) is 15.4. The Morgan fingerprint density at radius 1 is 1.04 bits per heavy atom. The summed E-state index contributed by atoms with van der Waals surface area (Å²) in [5.74, 6) is 1.23. The van der Waals surface area contributed by atoms with Gasteiger partial charge in [0.05, 0.1) is 18.7 Å². The summed E-state index contributed by atoms with van der Waals surface area (Å²) < 4.78 is 10.9. The van der Waals surface area contributed by atoms with Crippen LogP contribution in [0, 0.1) is 0 Å². The maximum Gasteiger partial charge on any atom is 0.179 e. The van der Waals surface area contributed by atoms with Crippen LogP contribution in [0.15, 0.2) is 36.4 Å². The van der Waals surface area contributed by atoms with Crippen LogP contribution in [0.5, 0.6) is 11.5 Å².